The van der Waals surface area contributed by atoms with Crippen molar-refractivity contribution in [2.45, 2.75) is 38.3 Å². The predicted octanol–water partition coefficient (Wildman–Crippen LogP) is 2.61. The Balaban J connectivity index is 0.00000220. The monoisotopic (exact) mass is 313 g/mol. The molecule has 1 saturated heterocycles. The summed E-state index contributed by atoms with van der Waals surface area (Å²) in [5.41, 5.74) is 1.34. The molecule has 5 heteroatoms. The standard InChI is InChI=1S/C16H23NO3.ClH/c1-13(16(18)19)17-10-9-15(12-17)20-11-5-8-14-6-3-2-4-7-14;/h2-4,6-7,13,15H,5,8-12H2,1H3,(H,18,19);1H. The van der Waals surface area contributed by atoms with Crippen LogP contribution in [0.2, 0.25) is 0 Å². The zero-order valence-electron chi connectivity index (χ0n) is 12.4. The van der Waals surface area contributed by atoms with Crippen molar-refractivity contribution in [3.05, 3.63) is 35.9 Å². The van der Waals surface area contributed by atoms with Crippen LogP contribution in [0.15, 0.2) is 30.3 Å². The van der Waals surface area contributed by atoms with Gasteiger partial charge in [0.05, 0.1) is 6.10 Å². The van der Waals surface area contributed by atoms with Gasteiger partial charge in [-0.05, 0) is 31.7 Å². The molecule has 1 aromatic rings. The third kappa shape index (κ3) is 5.65. The second-order valence-corrected chi connectivity index (χ2v) is 5.38. The molecule has 118 valence electrons. The number of hydrogen-bond acceptors (Lipinski definition) is 3. The number of aliphatic carboxylic acids is 1. The zero-order valence-corrected chi connectivity index (χ0v) is 13.2. The molecule has 21 heavy (non-hydrogen) atoms. The molecule has 0 saturated carbocycles. The van der Waals surface area contributed by atoms with Gasteiger partial charge >= 0.3 is 5.97 Å². The molecule has 2 unspecified atom stereocenters. The molecule has 1 aliphatic rings. The van der Waals surface area contributed by atoms with Crippen LogP contribution in [0.3, 0.4) is 0 Å². The van der Waals surface area contributed by atoms with E-state index in [0.717, 1.165) is 39.0 Å². The van der Waals surface area contributed by atoms with E-state index in [2.05, 4.69) is 24.3 Å². The molecule has 1 aromatic carbocycles. The van der Waals surface area contributed by atoms with Gasteiger partial charge in [-0.25, -0.2) is 0 Å². The van der Waals surface area contributed by atoms with Crippen molar-refractivity contribution in [2.75, 3.05) is 19.7 Å². The highest BCUT2D eigenvalue weighted by molar-refractivity contribution is 5.85. The molecule has 4 nitrogen and oxygen atoms in total. The summed E-state index contributed by atoms with van der Waals surface area (Å²) in [5, 5.41) is 8.99. The van der Waals surface area contributed by atoms with E-state index in [1.54, 1.807) is 6.92 Å². The van der Waals surface area contributed by atoms with E-state index in [9.17, 15) is 4.79 Å². The first kappa shape index (κ1) is 18.0. The van der Waals surface area contributed by atoms with Gasteiger partial charge in [0.1, 0.15) is 6.04 Å². The summed E-state index contributed by atoms with van der Waals surface area (Å²) >= 11 is 0. The van der Waals surface area contributed by atoms with Crippen LogP contribution in [-0.4, -0.2) is 47.8 Å². The Kier molecular flexibility index (Phi) is 7.72. The molecule has 0 radical (unpaired) electrons. The summed E-state index contributed by atoms with van der Waals surface area (Å²) in [6, 6.07) is 9.98. The maximum absolute atomic E-state index is 10.9. The SMILES string of the molecule is CC(C(=O)O)N1CCC(OCCCc2ccccc2)C1.Cl. The number of carboxylic acid groups (broad SMARTS) is 1. The number of hydrogen-bond donors (Lipinski definition) is 1. The van der Waals surface area contributed by atoms with E-state index in [-0.39, 0.29) is 18.5 Å². The lowest BCUT2D eigenvalue weighted by Crippen LogP contribution is -2.37. The van der Waals surface area contributed by atoms with Crippen molar-refractivity contribution in [3.63, 3.8) is 0 Å². The maximum Gasteiger partial charge on any atom is 0.320 e. The van der Waals surface area contributed by atoms with E-state index in [1.807, 2.05) is 11.0 Å². The fourth-order valence-electron chi connectivity index (χ4n) is 2.57. The molecule has 1 heterocycles. The second kappa shape index (κ2) is 9.03. The summed E-state index contributed by atoms with van der Waals surface area (Å²) in [6.07, 6.45) is 3.16. The Hall–Kier alpha value is -1.10. The maximum atomic E-state index is 10.9. The molecular weight excluding hydrogens is 290 g/mol. The van der Waals surface area contributed by atoms with Gasteiger partial charge in [-0.2, -0.15) is 0 Å². The lowest BCUT2D eigenvalue weighted by molar-refractivity contribution is -0.142. The topological polar surface area (TPSA) is 49.8 Å². The largest absolute Gasteiger partial charge is 0.480 e. The Bertz CT molecular complexity index is 427. The van der Waals surface area contributed by atoms with Gasteiger partial charge in [-0.1, -0.05) is 30.3 Å². The molecule has 1 fully saturated rings. The van der Waals surface area contributed by atoms with Crippen LogP contribution in [0.5, 0.6) is 0 Å². The van der Waals surface area contributed by atoms with Crippen LogP contribution in [-0.2, 0) is 16.0 Å². The summed E-state index contributed by atoms with van der Waals surface area (Å²) in [4.78, 5) is 12.9. The molecule has 1 aliphatic heterocycles. The number of carboxylic acids is 1. The number of halogens is 1. The lowest BCUT2D eigenvalue weighted by Gasteiger charge is -2.20. The van der Waals surface area contributed by atoms with Gasteiger partial charge in [-0.3, -0.25) is 9.69 Å². The average Bonchev–Trinajstić information content (AvgIpc) is 2.92. The van der Waals surface area contributed by atoms with Crippen LogP contribution in [0, 0.1) is 0 Å². The van der Waals surface area contributed by atoms with E-state index in [0.29, 0.717) is 0 Å². The number of likely N-dealkylation sites (tertiary alicyclic amines) is 1. The quantitative estimate of drug-likeness (QED) is 0.786. The molecule has 0 bridgehead atoms. The highest BCUT2D eigenvalue weighted by Crippen LogP contribution is 2.16. The van der Waals surface area contributed by atoms with Gasteiger partial charge < -0.3 is 9.84 Å². The Morgan fingerprint density at radius 2 is 2.14 bits per heavy atom. The van der Waals surface area contributed by atoms with Crippen LogP contribution in [0.4, 0.5) is 0 Å². The first-order valence-electron chi connectivity index (χ1n) is 7.29. The van der Waals surface area contributed by atoms with Crippen molar-refractivity contribution in [1.29, 1.82) is 0 Å². The fourth-order valence-corrected chi connectivity index (χ4v) is 2.57. The Labute approximate surface area is 132 Å². The molecule has 0 spiro atoms. The number of nitrogens with zero attached hydrogens (tertiary/aromatic N) is 1. The van der Waals surface area contributed by atoms with E-state index >= 15 is 0 Å². The van der Waals surface area contributed by atoms with E-state index < -0.39 is 12.0 Å². The van der Waals surface area contributed by atoms with Gasteiger partial charge in [0.25, 0.3) is 0 Å². The summed E-state index contributed by atoms with van der Waals surface area (Å²) in [7, 11) is 0. The Morgan fingerprint density at radius 3 is 2.81 bits per heavy atom. The smallest absolute Gasteiger partial charge is 0.320 e. The normalized spacial score (nSPS) is 20.0. The molecule has 0 amide bonds. The first-order chi connectivity index (χ1) is 9.66. The number of benzene rings is 1. The third-order valence-electron chi connectivity index (χ3n) is 3.89. The van der Waals surface area contributed by atoms with Crippen LogP contribution < -0.4 is 0 Å². The minimum atomic E-state index is -0.755. The number of aryl methyl sites for hydroxylation is 1. The van der Waals surface area contributed by atoms with Gasteiger partial charge in [0.2, 0.25) is 0 Å². The van der Waals surface area contributed by atoms with Crippen molar-refractivity contribution < 1.29 is 14.6 Å². The number of ether oxygens (including phenoxy) is 1. The molecule has 0 aliphatic carbocycles. The van der Waals surface area contributed by atoms with Crippen LogP contribution >= 0.6 is 12.4 Å². The number of carbonyl (C=O) groups is 1. The van der Waals surface area contributed by atoms with Gasteiger partial charge in [0.15, 0.2) is 0 Å². The van der Waals surface area contributed by atoms with Gasteiger partial charge in [-0.15, -0.1) is 12.4 Å². The molecule has 2 rings (SSSR count). The van der Waals surface area contributed by atoms with Crippen LogP contribution in [0.25, 0.3) is 0 Å². The Morgan fingerprint density at radius 1 is 1.43 bits per heavy atom. The molecule has 0 aromatic heterocycles. The van der Waals surface area contributed by atoms with Crippen molar-refractivity contribution >= 4 is 18.4 Å². The minimum Gasteiger partial charge on any atom is -0.480 e. The summed E-state index contributed by atoms with van der Waals surface area (Å²) in [5.74, 6) is -0.755. The highest BCUT2D eigenvalue weighted by atomic mass is 35.5. The fraction of sp³-hybridized carbons (Fsp3) is 0.562. The van der Waals surface area contributed by atoms with Crippen molar-refractivity contribution in [1.82, 2.24) is 4.90 Å². The predicted molar refractivity (Wildman–Crippen MR) is 85.0 cm³/mol. The molecular formula is C16H24ClNO3. The molecule has 2 atom stereocenters. The number of rotatable bonds is 7. The van der Waals surface area contributed by atoms with E-state index in [4.69, 9.17) is 9.84 Å². The summed E-state index contributed by atoms with van der Waals surface area (Å²) in [6.45, 7) is 4.03. The van der Waals surface area contributed by atoms with Crippen LogP contribution in [0.1, 0.15) is 25.3 Å². The second-order valence-electron chi connectivity index (χ2n) is 5.38. The van der Waals surface area contributed by atoms with Gasteiger partial charge in [0, 0.05) is 19.7 Å². The third-order valence-corrected chi connectivity index (χ3v) is 3.89. The average molecular weight is 314 g/mol. The van der Waals surface area contributed by atoms with Crippen molar-refractivity contribution in [3.8, 4) is 0 Å². The lowest BCUT2D eigenvalue weighted by atomic mass is 10.1. The van der Waals surface area contributed by atoms with E-state index in [1.165, 1.54) is 5.56 Å². The highest BCUT2D eigenvalue weighted by Gasteiger charge is 2.29. The minimum absolute atomic E-state index is 0. The zero-order chi connectivity index (χ0) is 14.4. The van der Waals surface area contributed by atoms with Crippen molar-refractivity contribution in [2.24, 2.45) is 0 Å². The molecule has 1 N–H and O–H groups in total. The summed E-state index contributed by atoms with van der Waals surface area (Å²) < 4.78 is 5.85. The first-order valence-corrected chi connectivity index (χ1v) is 7.29.